The van der Waals surface area contributed by atoms with E-state index in [0.29, 0.717) is 28.2 Å². The highest BCUT2D eigenvalue weighted by atomic mass is 35.5. The molecule has 2 aromatic rings. The second-order valence-corrected chi connectivity index (χ2v) is 5.74. The second kappa shape index (κ2) is 5.43. The predicted molar refractivity (Wildman–Crippen MR) is 76.9 cm³/mol. The first-order chi connectivity index (χ1) is 9.70. The molecule has 6 heteroatoms. The molecule has 0 bridgehead atoms. The van der Waals surface area contributed by atoms with Crippen molar-refractivity contribution in [3.8, 4) is 6.07 Å². The Morgan fingerprint density at radius 2 is 2.00 bits per heavy atom. The van der Waals surface area contributed by atoms with Gasteiger partial charge in [-0.2, -0.15) is 5.26 Å². The van der Waals surface area contributed by atoms with Crippen LogP contribution < -0.4 is 0 Å². The zero-order chi connectivity index (χ0) is 14.1. The summed E-state index contributed by atoms with van der Waals surface area (Å²) in [4.78, 5) is 0. The highest BCUT2D eigenvalue weighted by molar-refractivity contribution is 6.35. The Morgan fingerprint density at radius 1 is 1.30 bits per heavy atom. The molecule has 1 aliphatic rings. The van der Waals surface area contributed by atoms with Crippen molar-refractivity contribution in [1.82, 2.24) is 15.0 Å². The molecule has 0 amide bonds. The van der Waals surface area contributed by atoms with Crippen LogP contribution in [0.3, 0.4) is 0 Å². The third-order valence-corrected chi connectivity index (χ3v) is 4.45. The van der Waals surface area contributed by atoms with Gasteiger partial charge in [0.1, 0.15) is 6.07 Å². The molecule has 0 spiro atoms. The van der Waals surface area contributed by atoms with Gasteiger partial charge >= 0.3 is 0 Å². The fourth-order valence-corrected chi connectivity index (χ4v) is 2.95. The van der Waals surface area contributed by atoms with Gasteiger partial charge in [0.05, 0.1) is 12.2 Å². The van der Waals surface area contributed by atoms with E-state index in [1.54, 1.807) is 16.8 Å². The van der Waals surface area contributed by atoms with E-state index in [4.69, 9.17) is 28.5 Å². The van der Waals surface area contributed by atoms with Crippen molar-refractivity contribution in [2.45, 2.75) is 31.7 Å². The highest BCUT2D eigenvalue weighted by Crippen LogP contribution is 2.38. The SMILES string of the molecule is N#Cc1nnn(Cc2c(Cl)cccc2Cl)c1C1CCC1. The van der Waals surface area contributed by atoms with Gasteiger partial charge in [0, 0.05) is 21.5 Å². The molecule has 3 rings (SSSR count). The molecule has 0 aliphatic heterocycles. The van der Waals surface area contributed by atoms with Crippen molar-refractivity contribution < 1.29 is 0 Å². The third kappa shape index (κ3) is 2.28. The summed E-state index contributed by atoms with van der Waals surface area (Å²) in [6.45, 7) is 0.443. The van der Waals surface area contributed by atoms with E-state index >= 15 is 0 Å². The minimum absolute atomic E-state index is 0.376. The molecule has 0 saturated heterocycles. The molecule has 1 aliphatic carbocycles. The Balaban J connectivity index is 1.99. The highest BCUT2D eigenvalue weighted by Gasteiger charge is 2.28. The van der Waals surface area contributed by atoms with Crippen molar-refractivity contribution in [3.63, 3.8) is 0 Å². The molecule has 1 saturated carbocycles. The third-order valence-electron chi connectivity index (χ3n) is 3.74. The minimum Gasteiger partial charge on any atom is -0.243 e. The van der Waals surface area contributed by atoms with Gasteiger partial charge in [0.25, 0.3) is 0 Å². The average molecular weight is 307 g/mol. The summed E-state index contributed by atoms with van der Waals surface area (Å²) in [5.41, 5.74) is 2.14. The Morgan fingerprint density at radius 3 is 2.55 bits per heavy atom. The molecule has 1 aromatic heterocycles. The van der Waals surface area contributed by atoms with Gasteiger partial charge < -0.3 is 0 Å². The van der Waals surface area contributed by atoms with Crippen LogP contribution in [0.15, 0.2) is 18.2 Å². The molecule has 1 fully saturated rings. The lowest BCUT2D eigenvalue weighted by Crippen LogP contribution is -2.17. The van der Waals surface area contributed by atoms with Crippen LogP contribution in [-0.4, -0.2) is 15.0 Å². The maximum Gasteiger partial charge on any atom is 0.186 e. The number of benzene rings is 1. The summed E-state index contributed by atoms with van der Waals surface area (Å²) < 4.78 is 1.76. The largest absolute Gasteiger partial charge is 0.243 e. The minimum atomic E-state index is 0.376. The Kier molecular flexibility index (Phi) is 3.64. The molecule has 0 unspecified atom stereocenters. The predicted octanol–water partition coefficient (Wildman–Crippen LogP) is 3.77. The molecule has 0 atom stereocenters. The maximum atomic E-state index is 9.16. The molecule has 102 valence electrons. The van der Waals surface area contributed by atoms with Crippen LogP contribution in [0, 0.1) is 11.3 Å². The normalized spacial score (nSPS) is 14.8. The van der Waals surface area contributed by atoms with Gasteiger partial charge in [-0.15, -0.1) is 5.10 Å². The Labute approximate surface area is 126 Å². The Hall–Kier alpha value is -1.57. The van der Waals surface area contributed by atoms with Crippen molar-refractivity contribution in [2.24, 2.45) is 0 Å². The van der Waals surface area contributed by atoms with Crippen molar-refractivity contribution in [1.29, 1.82) is 5.26 Å². The van der Waals surface area contributed by atoms with E-state index in [1.165, 1.54) is 6.42 Å². The number of halogens is 2. The number of aromatic nitrogens is 3. The Bertz CT molecular complexity index is 663. The zero-order valence-electron chi connectivity index (χ0n) is 10.7. The molecular weight excluding hydrogens is 295 g/mol. The molecular formula is C14H12Cl2N4. The van der Waals surface area contributed by atoms with Gasteiger partial charge in [0.2, 0.25) is 0 Å². The number of hydrogen-bond donors (Lipinski definition) is 0. The maximum absolute atomic E-state index is 9.16. The first kappa shape index (κ1) is 13.4. The van der Waals surface area contributed by atoms with E-state index in [9.17, 15) is 0 Å². The lowest BCUT2D eigenvalue weighted by atomic mass is 9.82. The van der Waals surface area contributed by atoms with Crippen LogP contribution in [0.4, 0.5) is 0 Å². The summed E-state index contributed by atoms with van der Waals surface area (Å²) >= 11 is 12.4. The lowest BCUT2D eigenvalue weighted by molar-refractivity contribution is 0.391. The van der Waals surface area contributed by atoms with E-state index in [0.717, 1.165) is 24.1 Å². The van der Waals surface area contributed by atoms with E-state index in [2.05, 4.69) is 16.4 Å². The summed E-state index contributed by atoms with van der Waals surface area (Å²) in [5, 5.41) is 18.4. The van der Waals surface area contributed by atoms with Gasteiger partial charge in [-0.1, -0.05) is 40.9 Å². The molecule has 20 heavy (non-hydrogen) atoms. The summed E-state index contributed by atoms with van der Waals surface area (Å²) in [6, 6.07) is 7.53. The first-order valence-electron chi connectivity index (χ1n) is 6.47. The lowest BCUT2D eigenvalue weighted by Gasteiger charge is -2.26. The first-order valence-corrected chi connectivity index (χ1v) is 7.22. The molecule has 0 radical (unpaired) electrons. The van der Waals surface area contributed by atoms with Crippen LogP contribution in [0.2, 0.25) is 10.0 Å². The number of nitriles is 1. The summed E-state index contributed by atoms with van der Waals surface area (Å²) in [5.74, 6) is 0.376. The van der Waals surface area contributed by atoms with Crippen molar-refractivity contribution in [3.05, 3.63) is 45.2 Å². The molecule has 1 heterocycles. The number of hydrogen-bond acceptors (Lipinski definition) is 3. The van der Waals surface area contributed by atoms with Gasteiger partial charge in [-0.3, -0.25) is 0 Å². The molecule has 4 nitrogen and oxygen atoms in total. The fourth-order valence-electron chi connectivity index (χ4n) is 2.44. The smallest absolute Gasteiger partial charge is 0.186 e. The van der Waals surface area contributed by atoms with Crippen LogP contribution in [0.1, 0.15) is 42.1 Å². The summed E-state index contributed by atoms with van der Waals surface area (Å²) in [7, 11) is 0. The van der Waals surface area contributed by atoms with E-state index < -0.39 is 0 Å². The van der Waals surface area contributed by atoms with Crippen LogP contribution >= 0.6 is 23.2 Å². The number of nitrogens with zero attached hydrogens (tertiary/aromatic N) is 4. The summed E-state index contributed by atoms with van der Waals surface area (Å²) in [6.07, 6.45) is 3.35. The van der Waals surface area contributed by atoms with Gasteiger partial charge in [0.15, 0.2) is 5.69 Å². The van der Waals surface area contributed by atoms with Crippen molar-refractivity contribution >= 4 is 23.2 Å². The second-order valence-electron chi connectivity index (χ2n) is 4.92. The van der Waals surface area contributed by atoms with Crippen LogP contribution in [0.5, 0.6) is 0 Å². The average Bonchev–Trinajstić information content (AvgIpc) is 2.75. The van der Waals surface area contributed by atoms with Crippen LogP contribution in [-0.2, 0) is 6.54 Å². The van der Waals surface area contributed by atoms with Gasteiger partial charge in [-0.25, -0.2) is 4.68 Å². The standard InChI is InChI=1S/C14H12Cl2N4/c15-11-5-2-6-12(16)10(11)8-20-14(9-3-1-4-9)13(7-17)18-19-20/h2,5-6,9H,1,3-4,8H2. The monoisotopic (exact) mass is 306 g/mol. The van der Waals surface area contributed by atoms with Crippen molar-refractivity contribution in [2.75, 3.05) is 0 Å². The molecule has 1 aromatic carbocycles. The van der Waals surface area contributed by atoms with E-state index in [-0.39, 0.29) is 0 Å². The van der Waals surface area contributed by atoms with E-state index in [1.807, 2.05) is 6.07 Å². The molecule has 0 N–H and O–H groups in total. The van der Waals surface area contributed by atoms with Crippen LogP contribution in [0.25, 0.3) is 0 Å². The quantitative estimate of drug-likeness (QED) is 0.867. The zero-order valence-corrected chi connectivity index (χ0v) is 12.2. The topological polar surface area (TPSA) is 54.5 Å². The van der Waals surface area contributed by atoms with Gasteiger partial charge in [-0.05, 0) is 25.0 Å². The fraction of sp³-hybridized carbons (Fsp3) is 0.357. The number of rotatable bonds is 3.